The minimum absolute atomic E-state index is 0.124. The van der Waals surface area contributed by atoms with E-state index in [-0.39, 0.29) is 32.5 Å². The first-order chi connectivity index (χ1) is 21.7. The van der Waals surface area contributed by atoms with Crippen LogP contribution in [-0.4, -0.2) is 13.7 Å². The Hall–Kier alpha value is -1.59. The van der Waals surface area contributed by atoms with Crippen molar-refractivity contribution in [3.8, 4) is 0 Å². The van der Waals surface area contributed by atoms with Crippen molar-refractivity contribution in [2.24, 2.45) is 68.0 Å². The van der Waals surface area contributed by atoms with Crippen molar-refractivity contribution in [1.82, 2.24) is 13.7 Å². The largest absolute Gasteiger partial charge is 0.336 e. The Kier molecular flexibility index (Phi) is 10.8. The summed E-state index contributed by atoms with van der Waals surface area (Å²) in [5, 5.41) is 0. The van der Waals surface area contributed by atoms with E-state index in [2.05, 4.69) is 104 Å². The lowest BCUT2D eigenvalue weighted by Crippen LogP contribution is -2.59. The molecule has 48 heavy (non-hydrogen) atoms. The molecular weight excluding hydrogens is 594 g/mol. The molecule has 3 aliphatic carbocycles. The molecule has 0 aliphatic heterocycles. The highest BCUT2D eigenvalue weighted by atomic mass is 16.2. The van der Waals surface area contributed by atoms with Gasteiger partial charge in [0.15, 0.2) is 0 Å². The first kappa shape index (κ1) is 39.2. The second kappa shape index (κ2) is 13.2. The van der Waals surface area contributed by atoms with E-state index in [1.54, 1.807) is 0 Å². The summed E-state index contributed by atoms with van der Waals surface area (Å²) in [5.74, 6) is 3.23. The van der Waals surface area contributed by atoms with Crippen LogP contribution in [-0.2, 0) is 19.6 Å². The van der Waals surface area contributed by atoms with Crippen LogP contribution >= 0.6 is 0 Å². The summed E-state index contributed by atoms with van der Waals surface area (Å²) in [6, 6.07) is 0. The lowest BCUT2D eigenvalue weighted by atomic mass is 9.58. The third-order valence-corrected chi connectivity index (χ3v) is 13.3. The molecule has 6 unspecified atom stereocenters. The third kappa shape index (κ3) is 8.82. The van der Waals surface area contributed by atoms with Crippen LogP contribution in [0.4, 0.5) is 0 Å². The standard InChI is InChI=1S/C42H75N3O3/c1-28(2)31-16-37(7,8)22-40(13,19-31)25-43-34(46)44(26-41(14)20-32(29(3)4)17-38(9,10)23-41)36(48)45(35(43)47)27-42(15)21-33(30(5)6)18-39(11,12)24-42/h28-33H,16-27H2,1-15H3. The molecule has 4 rings (SSSR count). The molecular formula is C42H75N3O3. The molecule has 6 atom stereocenters. The fourth-order valence-electron chi connectivity index (χ4n) is 12.2. The van der Waals surface area contributed by atoms with Gasteiger partial charge in [-0.1, -0.05) is 104 Å². The van der Waals surface area contributed by atoms with Gasteiger partial charge in [0.05, 0.1) is 0 Å². The summed E-state index contributed by atoms with van der Waals surface area (Å²) in [5.41, 5.74) is -1.45. The van der Waals surface area contributed by atoms with Gasteiger partial charge in [-0.15, -0.1) is 0 Å². The summed E-state index contributed by atoms with van der Waals surface area (Å²) in [6.07, 6.45) is 9.32. The van der Waals surface area contributed by atoms with Crippen molar-refractivity contribution in [1.29, 1.82) is 0 Å². The lowest BCUT2D eigenvalue weighted by Gasteiger charge is -2.49. The summed E-state index contributed by atoms with van der Waals surface area (Å²) in [4.78, 5) is 44.0. The molecule has 0 bridgehead atoms. The second-order valence-electron chi connectivity index (χ2n) is 22.3. The van der Waals surface area contributed by atoms with E-state index in [1.165, 1.54) is 13.7 Å². The predicted octanol–water partition coefficient (Wildman–Crippen LogP) is 9.64. The Morgan fingerprint density at radius 3 is 0.833 bits per heavy atom. The molecule has 1 heterocycles. The van der Waals surface area contributed by atoms with Crippen LogP contribution in [0.15, 0.2) is 14.4 Å². The zero-order valence-corrected chi connectivity index (χ0v) is 34.0. The van der Waals surface area contributed by atoms with Crippen LogP contribution < -0.4 is 17.1 Å². The van der Waals surface area contributed by atoms with Crippen LogP contribution in [0.2, 0.25) is 0 Å². The summed E-state index contributed by atoms with van der Waals surface area (Å²) in [7, 11) is 0. The maximum atomic E-state index is 14.7. The first-order valence-electron chi connectivity index (χ1n) is 19.6. The summed E-state index contributed by atoms with van der Waals surface area (Å²) in [6.45, 7) is 35.8. The van der Waals surface area contributed by atoms with E-state index in [0.717, 1.165) is 57.8 Å². The average Bonchev–Trinajstić information content (AvgIpc) is 2.88. The zero-order valence-electron chi connectivity index (χ0n) is 34.0. The van der Waals surface area contributed by atoms with Gasteiger partial charge in [0.2, 0.25) is 0 Å². The van der Waals surface area contributed by atoms with E-state index < -0.39 is 17.1 Å². The molecule has 3 aliphatic rings. The van der Waals surface area contributed by atoms with Crippen molar-refractivity contribution in [2.45, 2.75) is 181 Å². The Morgan fingerprint density at radius 2 is 0.646 bits per heavy atom. The van der Waals surface area contributed by atoms with Crippen LogP contribution in [0.1, 0.15) is 162 Å². The highest BCUT2D eigenvalue weighted by Crippen LogP contribution is 2.53. The third-order valence-electron chi connectivity index (χ3n) is 13.3. The van der Waals surface area contributed by atoms with Crippen molar-refractivity contribution >= 4 is 0 Å². The molecule has 0 amide bonds. The maximum absolute atomic E-state index is 14.7. The van der Waals surface area contributed by atoms with Crippen molar-refractivity contribution < 1.29 is 0 Å². The molecule has 0 spiro atoms. The summed E-state index contributed by atoms with van der Waals surface area (Å²) >= 11 is 0. The van der Waals surface area contributed by atoms with Crippen LogP contribution in [0.3, 0.4) is 0 Å². The van der Waals surface area contributed by atoms with E-state index in [0.29, 0.717) is 55.1 Å². The van der Waals surface area contributed by atoms with E-state index in [1.807, 2.05) is 0 Å². The normalized spacial score (nSPS) is 35.0. The topological polar surface area (TPSA) is 66.0 Å². The monoisotopic (exact) mass is 670 g/mol. The first-order valence-corrected chi connectivity index (χ1v) is 19.6. The summed E-state index contributed by atoms with van der Waals surface area (Å²) < 4.78 is 4.53. The molecule has 6 heteroatoms. The lowest BCUT2D eigenvalue weighted by molar-refractivity contribution is 0.0108. The molecule has 276 valence electrons. The Balaban J connectivity index is 1.87. The molecule has 3 saturated carbocycles. The highest BCUT2D eigenvalue weighted by molar-refractivity contribution is 4.98. The van der Waals surface area contributed by atoms with Crippen molar-refractivity contribution in [2.75, 3.05) is 0 Å². The molecule has 1 aromatic heterocycles. The second-order valence-corrected chi connectivity index (χ2v) is 22.3. The van der Waals surface area contributed by atoms with E-state index in [4.69, 9.17) is 0 Å². The van der Waals surface area contributed by atoms with Gasteiger partial charge in [0.1, 0.15) is 0 Å². The van der Waals surface area contributed by atoms with E-state index in [9.17, 15) is 14.4 Å². The van der Waals surface area contributed by atoms with Gasteiger partial charge < -0.3 is 0 Å². The van der Waals surface area contributed by atoms with Gasteiger partial charge >= 0.3 is 17.1 Å². The fourth-order valence-corrected chi connectivity index (χ4v) is 12.2. The number of hydrogen-bond acceptors (Lipinski definition) is 3. The average molecular weight is 670 g/mol. The highest BCUT2D eigenvalue weighted by Gasteiger charge is 2.46. The van der Waals surface area contributed by atoms with Gasteiger partial charge in [0.25, 0.3) is 0 Å². The molecule has 0 radical (unpaired) electrons. The minimum atomic E-state index is -0.396. The van der Waals surface area contributed by atoms with Crippen LogP contribution in [0, 0.1) is 68.0 Å². The van der Waals surface area contributed by atoms with Gasteiger partial charge in [-0.2, -0.15) is 0 Å². The van der Waals surface area contributed by atoms with Gasteiger partial charge in [-0.05, 0) is 126 Å². The van der Waals surface area contributed by atoms with Crippen molar-refractivity contribution in [3.05, 3.63) is 31.5 Å². The van der Waals surface area contributed by atoms with Gasteiger partial charge in [-0.3, -0.25) is 0 Å². The number of hydrogen-bond donors (Lipinski definition) is 0. The molecule has 1 aromatic rings. The molecule has 6 nitrogen and oxygen atoms in total. The van der Waals surface area contributed by atoms with Crippen LogP contribution in [0.5, 0.6) is 0 Å². The smallest absolute Gasteiger partial charge is 0.247 e. The molecule has 3 fully saturated rings. The Morgan fingerprint density at radius 1 is 0.438 bits per heavy atom. The van der Waals surface area contributed by atoms with Gasteiger partial charge in [0, 0.05) is 19.6 Å². The molecule has 0 N–H and O–H groups in total. The number of rotatable bonds is 9. The fraction of sp³-hybridized carbons (Fsp3) is 0.929. The van der Waals surface area contributed by atoms with Crippen LogP contribution in [0.25, 0.3) is 0 Å². The van der Waals surface area contributed by atoms with E-state index >= 15 is 0 Å². The van der Waals surface area contributed by atoms with Crippen molar-refractivity contribution in [3.63, 3.8) is 0 Å². The zero-order chi connectivity index (χ0) is 36.4. The number of nitrogens with zero attached hydrogens (tertiary/aromatic N) is 3. The molecule has 0 aromatic carbocycles. The minimum Gasteiger partial charge on any atom is -0.247 e. The van der Waals surface area contributed by atoms with Gasteiger partial charge in [-0.25, -0.2) is 28.1 Å². The Labute approximate surface area is 293 Å². The SMILES string of the molecule is CC(C)C1CC(C)(C)CC(C)(Cn2c(=O)n(CC3(C)CC(C(C)C)CC(C)(C)C3)c(=O)n(CC3(C)CC(C(C)C)CC(C)(C)C3)c2=O)C1. The predicted molar refractivity (Wildman–Crippen MR) is 201 cm³/mol. The molecule has 0 saturated heterocycles. The number of aromatic nitrogens is 3. The maximum Gasteiger partial charge on any atom is 0.336 e. The quantitative estimate of drug-likeness (QED) is 0.263. The Bertz CT molecular complexity index is 1280.